The van der Waals surface area contributed by atoms with Crippen molar-refractivity contribution in [3.8, 4) is 5.75 Å². The van der Waals surface area contributed by atoms with Gasteiger partial charge in [-0.2, -0.15) is 0 Å². The number of ether oxygens (including phenoxy) is 1. The monoisotopic (exact) mass is 379 g/mol. The molecule has 114 valence electrons. The second-order valence-electron chi connectivity index (χ2n) is 5.18. The number of rotatable bonds is 2. The Hall–Kier alpha value is -1.52. The van der Waals surface area contributed by atoms with Crippen molar-refractivity contribution in [2.45, 2.75) is 12.8 Å². The highest BCUT2D eigenvalue weighted by Crippen LogP contribution is 2.33. The van der Waals surface area contributed by atoms with Crippen molar-refractivity contribution in [1.82, 2.24) is 0 Å². The molecular weight excluding hydrogens is 366 g/mol. The van der Waals surface area contributed by atoms with Crippen molar-refractivity contribution in [2.24, 2.45) is 0 Å². The summed E-state index contributed by atoms with van der Waals surface area (Å²) in [6.07, 6.45) is 1.88. The molecular formula is C17H15BrClNO2. The lowest BCUT2D eigenvalue weighted by Gasteiger charge is -2.30. The van der Waals surface area contributed by atoms with Gasteiger partial charge in [0.2, 0.25) is 0 Å². The number of amides is 1. The minimum Gasteiger partial charge on any atom is -0.497 e. The van der Waals surface area contributed by atoms with E-state index in [4.69, 9.17) is 16.3 Å². The van der Waals surface area contributed by atoms with Crippen LogP contribution in [-0.4, -0.2) is 19.6 Å². The van der Waals surface area contributed by atoms with E-state index >= 15 is 0 Å². The highest BCUT2D eigenvalue weighted by Gasteiger charge is 2.25. The topological polar surface area (TPSA) is 29.5 Å². The van der Waals surface area contributed by atoms with Gasteiger partial charge in [-0.05, 0) is 54.8 Å². The molecule has 1 amide bonds. The molecule has 0 aliphatic carbocycles. The number of hydrogen-bond donors (Lipinski definition) is 0. The quantitative estimate of drug-likeness (QED) is 0.755. The Balaban J connectivity index is 2.00. The van der Waals surface area contributed by atoms with Crippen LogP contribution >= 0.6 is 27.5 Å². The van der Waals surface area contributed by atoms with Gasteiger partial charge in [-0.25, -0.2) is 0 Å². The smallest absolute Gasteiger partial charge is 0.259 e. The summed E-state index contributed by atoms with van der Waals surface area (Å²) in [6, 6.07) is 11.1. The van der Waals surface area contributed by atoms with Crippen LogP contribution in [0, 0.1) is 0 Å². The van der Waals surface area contributed by atoms with Gasteiger partial charge in [0.1, 0.15) is 5.75 Å². The van der Waals surface area contributed by atoms with Gasteiger partial charge in [-0.1, -0.05) is 27.5 Å². The molecule has 0 fully saturated rings. The molecule has 0 bridgehead atoms. The van der Waals surface area contributed by atoms with Crippen LogP contribution in [0.3, 0.4) is 0 Å². The van der Waals surface area contributed by atoms with Gasteiger partial charge in [0.25, 0.3) is 5.91 Å². The Morgan fingerprint density at radius 2 is 2.09 bits per heavy atom. The van der Waals surface area contributed by atoms with Crippen molar-refractivity contribution in [3.05, 3.63) is 57.0 Å². The third-order valence-corrected chi connectivity index (χ3v) is 4.63. The average Bonchev–Trinajstić information content (AvgIpc) is 2.55. The summed E-state index contributed by atoms with van der Waals surface area (Å²) in [4.78, 5) is 14.7. The molecule has 0 unspecified atom stereocenters. The highest BCUT2D eigenvalue weighted by atomic mass is 79.9. The molecule has 3 nitrogen and oxygen atoms in total. The van der Waals surface area contributed by atoms with Gasteiger partial charge in [0.15, 0.2) is 0 Å². The van der Waals surface area contributed by atoms with Crippen LogP contribution in [0.15, 0.2) is 40.9 Å². The molecule has 0 spiro atoms. The summed E-state index contributed by atoms with van der Waals surface area (Å²) in [6.45, 7) is 0.695. The zero-order chi connectivity index (χ0) is 15.7. The molecule has 1 heterocycles. The predicted molar refractivity (Wildman–Crippen MR) is 92.1 cm³/mol. The van der Waals surface area contributed by atoms with Crippen LogP contribution in [0.4, 0.5) is 5.69 Å². The molecule has 0 N–H and O–H groups in total. The van der Waals surface area contributed by atoms with E-state index < -0.39 is 0 Å². The third-order valence-electron chi connectivity index (χ3n) is 3.81. The first-order valence-electron chi connectivity index (χ1n) is 7.04. The SMILES string of the molecule is COc1ccc2c(c1)CCCN2C(=O)c1cc(Br)ccc1Cl. The first-order valence-corrected chi connectivity index (χ1v) is 8.21. The van der Waals surface area contributed by atoms with E-state index in [2.05, 4.69) is 15.9 Å². The Labute approximate surface area is 143 Å². The molecule has 0 radical (unpaired) electrons. The van der Waals surface area contributed by atoms with Gasteiger partial charge >= 0.3 is 0 Å². The first kappa shape index (κ1) is 15.4. The second kappa shape index (κ2) is 6.31. The standard InChI is InChI=1S/C17H15BrClNO2/c1-22-13-5-7-16-11(9-13)3-2-8-20(16)17(21)14-10-12(18)4-6-15(14)19/h4-7,9-10H,2-3,8H2,1H3. The van der Waals surface area contributed by atoms with E-state index in [9.17, 15) is 4.79 Å². The molecule has 5 heteroatoms. The van der Waals surface area contributed by atoms with Crippen LogP contribution in [0.1, 0.15) is 22.3 Å². The summed E-state index contributed by atoms with van der Waals surface area (Å²) in [5, 5.41) is 0.467. The van der Waals surface area contributed by atoms with Crippen LogP contribution in [0.25, 0.3) is 0 Å². The fourth-order valence-corrected chi connectivity index (χ4v) is 3.28. The number of halogens is 2. The largest absolute Gasteiger partial charge is 0.497 e. The van der Waals surface area contributed by atoms with Gasteiger partial charge in [-0.3, -0.25) is 4.79 Å². The van der Waals surface area contributed by atoms with Crippen molar-refractivity contribution in [3.63, 3.8) is 0 Å². The summed E-state index contributed by atoms with van der Waals surface area (Å²) in [5.74, 6) is 0.742. The summed E-state index contributed by atoms with van der Waals surface area (Å²) in [7, 11) is 1.65. The molecule has 3 rings (SSSR count). The molecule has 2 aromatic carbocycles. The van der Waals surface area contributed by atoms with Gasteiger partial charge < -0.3 is 9.64 Å². The zero-order valence-electron chi connectivity index (χ0n) is 12.1. The molecule has 0 aromatic heterocycles. The lowest BCUT2D eigenvalue weighted by atomic mass is 10.0. The van der Waals surface area contributed by atoms with Crippen molar-refractivity contribution >= 4 is 39.1 Å². The Bertz CT molecular complexity index is 733. The maximum absolute atomic E-state index is 12.9. The minimum absolute atomic E-state index is 0.0718. The van der Waals surface area contributed by atoms with E-state index in [0.29, 0.717) is 17.1 Å². The van der Waals surface area contributed by atoms with Crippen LogP contribution in [0.2, 0.25) is 5.02 Å². The van der Waals surface area contributed by atoms with E-state index in [-0.39, 0.29) is 5.91 Å². The summed E-state index contributed by atoms with van der Waals surface area (Å²) < 4.78 is 6.10. The molecule has 1 aliphatic rings. The number of nitrogens with zero attached hydrogens (tertiary/aromatic N) is 1. The highest BCUT2D eigenvalue weighted by molar-refractivity contribution is 9.10. The Morgan fingerprint density at radius 1 is 1.27 bits per heavy atom. The molecule has 22 heavy (non-hydrogen) atoms. The van der Waals surface area contributed by atoms with Gasteiger partial charge in [0, 0.05) is 16.7 Å². The van der Waals surface area contributed by atoms with Crippen molar-refractivity contribution in [1.29, 1.82) is 0 Å². The number of methoxy groups -OCH3 is 1. The number of carbonyl (C=O) groups is 1. The fourth-order valence-electron chi connectivity index (χ4n) is 2.72. The van der Waals surface area contributed by atoms with Crippen LogP contribution < -0.4 is 9.64 Å². The van der Waals surface area contributed by atoms with Gasteiger partial charge in [0.05, 0.1) is 17.7 Å². The summed E-state index contributed by atoms with van der Waals surface area (Å²) >= 11 is 9.59. The lowest BCUT2D eigenvalue weighted by Crippen LogP contribution is -2.35. The number of fused-ring (bicyclic) bond motifs is 1. The van der Waals surface area contributed by atoms with Crippen LogP contribution in [0.5, 0.6) is 5.75 Å². The average molecular weight is 381 g/mol. The minimum atomic E-state index is -0.0718. The zero-order valence-corrected chi connectivity index (χ0v) is 14.4. The predicted octanol–water partition coefficient (Wildman–Crippen LogP) is 4.70. The molecule has 2 aromatic rings. The van der Waals surface area contributed by atoms with Crippen molar-refractivity contribution < 1.29 is 9.53 Å². The number of anilines is 1. The van der Waals surface area contributed by atoms with Crippen LogP contribution in [-0.2, 0) is 6.42 Å². The number of carbonyl (C=O) groups excluding carboxylic acids is 1. The van der Waals surface area contributed by atoms with Crippen molar-refractivity contribution in [2.75, 3.05) is 18.6 Å². The number of aryl methyl sites for hydroxylation is 1. The third kappa shape index (κ3) is 2.85. The first-order chi connectivity index (χ1) is 10.6. The Kier molecular flexibility index (Phi) is 4.41. The van der Waals surface area contributed by atoms with E-state index in [0.717, 1.165) is 34.3 Å². The van der Waals surface area contributed by atoms with E-state index in [1.54, 1.807) is 24.1 Å². The second-order valence-corrected chi connectivity index (χ2v) is 6.50. The molecule has 1 aliphatic heterocycles. The molecule has 0 atom stereocenters. The fraction of sp³-hybridized carbons (Fsp3) is 0.235. The Morgan fingerprint density at radius 3 is 2.86 bits per heavy atom. The molecule has 0 saturated heterocycles. The molecule has 0 saturated carbocycles. The number of hydrogen-bond acceptors (Lipinski definition) is 2. The maximum atomic E-state index is 12.9. The van der Waals surface area contributed by atoms with Gasteiger partial charge in [-0.15, -0.1) is 0 Å². The summed E-state index contributed by atoms with van der Waals surface area (Å²) in [5.41, 5.74) is 2.58. The maximum Gasteiger partial charge on any atom is 0.259 e. The number of benzene rings is 2. The normalized spacial score (nSPS) is 13.7. The van der Waals surface area contributed by atoms with E-state index in [1.165, 1.54) is 0 Å². The van der Waals surface area contributed by atoms with E-state index in [1.807, 2.05) is 24.3 Å². The lowest BCUT2D eigenvalue weighted by molar-refractivity contribution is 0.0985.